The van der Waals surface area contributed by atoms with Gasteiger partial charge in [-0.25, -0.2) is 4.79 Å². The molecule has 0 amide bonds. The number of aryl methyl sites for hydroxylation is 1. The van der Waals surface area contributed by atoms with E-state index in [1.165, 1.54) is 18.2 Å². The average molecular weight is 478 g/mol. The van der Waals surface area contributed by atoms with Gasteiger partial charge in [0.15, 0.2) is 0 Å². The molecule has 0 saturated heterocycles. The minimum atomic E-state index is -4.33. The number of hydrogen-bond donors (Lipinski definition) is 2. The summed E-state index contributed by atoms with van der Waals surface area (Å²) in [5, 5.41) is 20.0. The van der Waals surface area contributed by atoms with Crippen molar-refractivity contribution >= 4 is 22.8 Å². The molecule has 0 radical (unpaired) electrons. The second-order valence-electron chi connectivity index (χ2n) is 7.97. The highest BCUT2D eigenvalue weighted by Crippen LogP contribution is 2.44. The van der Waals surface area contributed by atoms with E-state index in [1.54, 1.807) is 48.5 Å². The molecular formula is C28H21F3O4. The Balaban J connectivity index is 1.87. The van der Waals surface area contributed by atoms with Crippen molar-refractivity contribution in [2.24, 2.45) is 0 Å². The first-order valence-corrected chi connectivity index (χ1v) is 10.8. The highest BCUT2D eigenvalue weighted by atomic mass is 19.4. The summed E-state index contributed by atoms with van der Waals surface area (Å²) in [5.74, 6) is -0.271. The molecule has 0 atom stereocenters. The van der Waals surface area contributed by atoms with Crippen LogP contribution in [-0.2, 0) is 11.2 Å². The SMILES string of the molecule is O=C(O)/C=C/c1ccc(Oc2c(-c3ccccc3)c(CCC(F)(F)F)cc3cc(O)ccc23)cc1. The van der Waals surface area contributed by atoms with Gasteiger partial charge < -0.3 is 14.9 Å². The van der Waals surface area contributed by atoms with Crippen LogP contribution < -0.4 is 4.74 Å². The van der Waals surface area contributed by atoms with Crippen molar-refractivity contribution in [3.05, 3.63) is 96.1 Å². The second-order valence-corrected chi connectivity index (χ2v) is 7.97. The lowest BCUT2D eigenvalue weighted by atomic mass is 9.91. The van der Waals surface area contributed by atoms with Crippen LogP contribution in [0.3, 0.4) is 0 Å². The van der Waals surface area contributed by atoms with Gasteiger partial charge in [0.1, 0.15) is 17.2 Å². The van der Waals surface area contributed by atoms with E-state index in [2.05, 4.69) is 0 Å². The van der Waals surface area contributed by atoms with Gasteiger partial charge >= 0.3 is 12.1 Å². The Morgan fingerprint density at radius 1 is 0.943 bits per heavy atom. The largest absolute Gasteiger partial charge is 0.508 e. The van der Waals surface area contributed by atoms with E-state index >= 15 is 0 Å². The molecule has 0 saturated carbocycles. The summed E-state index contributed by atoms with van der Waals surface area (Å²) < 4.78 is 45.7. The van der Waals surface area contributed by atoms with Gasteiger partial charge in [-0.05, 0) is 64.9 Å². The number of carboxylic acids is 1. The zero-order chi connectivity index (χ0) is 25.0. The first-order chi connectivity index (χ1) is 16.7. The standard InChI is InChI=1S/C28H21F3O4/c29-28(30,31)15-14-20-16-21-17-22(32)9-12-24(21)27(26(20)19-4-2-1-3-5-19)35-23-10-6-18(7-11-23)8-13-25(33)34/h1-13,16-17,32H,14-15H2,(H,33,34)/b13-8+. The van der Waals surface area contributed by atoms with E-state index in [4.69, 9.17) is 9.84 Å². The van der Waals surface area contributed by atoms with Crippen LogP contribution in [0.15, 0.2) is 84.9 Å². The smallest absolute Gasteiger partial charge is 0.389 e. The first kappa shape index (κ1) is 23.9. The fourth-order valence-corrected chi connectivity index (χ4v) is 3.85. The molecule has 7 heteroatoms. The lowest BCUT2D eigenvalue weighted by molar-refractivity contribution is -0.134. The molecule has 0 fully saturated rings. The van der Waals surface area contributed by atoms with Crippen molar-refractivity contribution < 1.29 is 32.9 Å². The molecule has 178 valence electrons. The van der Waals surface area contributed by atoms with Crippen molar-refractivity contribution in [1.29, 1.82) is 0 Å². The predicted molar refractivity (Wildman–Crippen MR) is 129 cm³/mol. The second kappa shape index (κ2) is 9.93. The molecule has 0 unspecified atom stereocenters. The summed E-state index contributed by atoms with van der Waals surface area (Å²) in [7, 11) is 0. The number of phenolic OH excluding ortho intramolecular Hbond substituents is 1. The number of fused-ring (bicyclic) bond motifs is 1. The van der Waals surface area contributed by atoms with E-state index < -0.39 is 18.6 Å². The molecule has 4 nitrogen and oxygen atoms in total. The van der Waals surface area contributed by atoms with Crippen molar-refractivity contribution in [2.75, 3.05) is 0 Å². The molecule has 0 spiro atoms. The monoisotopic (exact) mass is 478 g/mol. The number of ether oxygens (including phenoxy) is 1. The molecule has 4 aromatic rings. The quantitative estimate of drug-likeness (QED) is 0.269. The zero-order valence-corrected chi connectivity index (χ0v) is 18.4. The molecule has 4 aromatic carbocycles. The molecule has 2 N–H and O–H groups in total. The fraction of sp³-hybridized carbons (Fsp3) is 0.107. The Hall–Kier alpha value is -4.26. The number of carboxylic acid groups (broad SMARTS) is 1. The Labute approximate surface area is 199 Å². The molecule has 0 aromatic heterocycles. The predicted octanol–water partition coefficient (Wildman–Crippen LogP) is 7.60. The molecule has 0 aliphatic rings. The lowest BCUT2D eigenvalue weighted by Gasteiger charge is -2.20. The van der Waals surface area contributed by atoms with Crippen LogP contribution in [-0.4, -0.2) is 22.4 Å². The number of aromatic hydroxyl groups is 1. The number of benzene rings is 4. The lowest BCUT2D eigenvalue weighted by Crippen LogP contribution is -2.09. The molecule has 0 aliphatic heterocycles. The van der Waals surface area contributed by atoms with Crippen LogP contribution in [0.4, 0.5) is 13.2 Å². The maximum absolute atomic E-state index is 13.1. The Bertz CT molecular complexity index is 1380. The van der Waals surface area contributed by atoms with E-state index in [-0.39, 0.29) is 12.2 Å². The van der Waals surface area contributed by atoms with Gasteiger partial charge in [-0.3, -0.25) is 0 Å². The highest BCUT2D eigenvalue weighted by Gasteiger charge is 2.28. The van der Waals surface area contributed by atoms with Gasteiger partial charge in [-0.1, -0.05) is 48.5 Å². The van der Waals surface area contributed by atoms with Gasteiger partial charge in [0.05, 0.1) is 0 Å². The van der Waals surface area contributed by atoms with Crippen molar-refractivity contribution in [2.45, 2.75) is 19.0 Å². The van der Waals surface area contributed by atoms with Gasteiger partial charge in [0.2, 0.25) is 0 Å². The van der Waals surface area contributed by atoms with Crippen LogP contribution in [0.2, 0.25) is 0 Å². The van der Waals surface area contributed by atoms with E-state index in [1.807, 2.05) is 18.2 Å². The van der Waals surface area contributed by atoms with E-state index in [0.717, 1.165) is 6.08 Å². The maximum atomic E-state index is 13.1. The van der Waals surface area contributed by atoms with Crippen LogP contribution in [0, 0.1) is 0 Å². The van der Waals surface area contributed by atoms with E-state index in [9.17, 15) is 23.1 Å². The van der Waals surface area contributed by atoms with Gasteiger partial charge in [0.25, 0.3) is 0 Å². The van der Waals surface area contributed by atoms with Gasteiger partial charge in [-0.2, -0.15) is 13.2 Å². The number of halogens is 3. The minimum absolute atomic E-state index is 0.00717. The Morgan fingerprint density at radius 2 is 1.66 bits per heavy atom. The summed E-state index contributed by atoms with van der Waals surface area (Å²) in [6.45, 7) is 0. The Kier molecular flexibility index (Phi) is 6.78. The normalized spacial score (nSPS) is 11.7. The number of aliphatic carboxylic acids is 1. The van der Waals surface area contributed by atoms with Crippen LogP contribution in [0.5, 0.6) is 17.2 Å². The third-order valence-corrected chi connectivity index (χ3v) is 5.42. The first-order valence-electron chi connectivity index (χ1n) is 10.8. The topological polar surface area (TPSA) is 66.8 Å². The van der Waals surface area contributed by atoms with E-state index in [0.29, 0.717) is 44.5 Å². The highest BCUT2D eigenvalue weighted by molar-refractivity contribution is 5.98. The number of rotatable bonds is 7. The summed E-state index contributed by atoms with van der Waals surface area (Å²) in [5.41, 5.74) is 2.35. The molecule has 0 bridgehead atoms. The van der Waals surface area contributed by atoms with Crippen molar-refractivity contribution in [3.8, 4) is 28.4 Å². The van der Waals surface area contributed by atoms with Gasteiger partial charge in [-0.15, -0.1) is 0 Å². The molecule has 0 heterocycles. The van der Waals surface area contributed by atoms with Crippen molar-refractivity contribution in [3.63, 3.8) is 0 Å². The fourth-order valence-electron chi connectivity index (χ4n) is 3.85. The number of carbonyl (C=O) groups is 1. The number of phenols is 1. The third-order valence-electron chi connectivity index (χ3n) is 5.42. The van der Waals surface area contributed by atoms with Crippen LogP contribution in [0.1, 0.15) is 17.5 Å². The number of alkyl halides is 3. The Morgan fingerprint density at radius 3 is 2.31 bits per heavy atom. The number of hydrogen-bond acceptors (Lipinski definition) is 3. The summed E-state index contributed by atoms with van der Waals surface area (Å²) >= 11 is 0. The summed E-state index contributed by atoms with van der Waals surface area (Å²) in [4.78, 5) is 10.7. The molecule has 35 heavy (non-hydrogen) atoms. The summed E-state index contributed by atoms with van der Waals surface area (Å²) in [6, 6.07) is 22.0. The van der Waals surface area contributed by atoms with Gasteiger partial charge in [0, 0.05) is 23.4 Å². The van der Waals surface area contributed by atoms with Crippen LogP contribution in [0.25, 0.3) is 28.0 Å². The molecule has 4 rings (SSSR count). The van der Waals surface area contributed by atoms with Crippen LogP contribution >= 0.6 is 0 Å². The summed E-state index contributed by atoms with van der Waals surface area (Å²) in [6.07, 6.45) is -3.12. The maximum Gasteiger partial charge on any atom is 0.389 e. The molecular weight excluding hydrogens is 457 g/mol. The van der Waals surface area contributed by atoms with Crippen molar-refractivity contribution in [1.82, 2.24) is 0 Å². The minimum Gasteiger partial charge on any atom is -0.508 e. The zero-order valence-electron chi connectivity index (χ0n) is 18.4. The average Bonchev–Trinajstić information content (AvgIpc) is 2.82. The third kappa shape index (κ3) is 6.00. The molecule has 0 aliphatic carbocycles.